The van der Waals surface area contributed by atoms with Crippen LogP contribution in [0.2, 0.25) is 0 Å². The molecule has 0 fully saturated rings. The van der Waals surface area contributed by atoms with Crippen molar-refractivity contribution < 1.29 is 9.18 Å². The van der Waals surface area contributed by atoms with Crippen LogP contribution in [0, 0.1) is 5.82 Å². The lowest BCUT2D eigenvalue weighted by Crippen LogP contribution is -2.46. The van der Waals surface area contributed by atoms with Crippen molar-refractivity contribution in [2.75, 3.05) is 5.88 Å². The summed E-state index contributed by atoms with van der Waals surface area (Å²) in [5, 5.41) is 2.87. The third-order valence-electron chi connectivity index (χ3n) is 2.80. The predicted molar refractivity (Wildman–Crippen MR) is 65.7 cm³/mol. The number of aromatic nitrogens is 1. The molecule has 1 amide bonds. The molecule has 1 N–H and O–H groups in total. The van der Waals surface area contributed by atoms with E-state index in [1.54, 1.807) is 0 Å². The fourth-order valence-corrected chi connectivity index (χ4v) is 1.80. The molecule has 1 atom stereocenters. The zero-order valence-corrected chi connectivity index (χ0v) is 10.7. The fraction of sp³-hybridized carbons (Fsp3) is 0.500. The first-order valence-corrected chi connectivity index (χ1v) is 6.04. The molecule has 94 valence electrons. The van der Waals surface area contributed by atoms with Gasteiger partial charge in [0.25, 0.3) is 5.91 Å². The molecule has 17 heavy (non-hydrogen) atoms. The molecule has 5 heteroatoms. The Morgan fingerprint density at radius 1 is 1.59 bits per heavy atom. The summed E-state index contributed by atoms with van der Waals surface area (Å²) in [5.41, 5.74) is -0.143. The van der Waals surface area contributed by atoms with Crippen LogP contribution in [0.25, 0.3) is 0 Å². The molecule has 0 saturated carbocycles. The number of hydrogen-bond acceptors (Lipinski definition) is 2. The van der Waals surface area contributed by atoms with Crippen LogP contribution in [0.15, 0.2) is 18.3 Å². The Morgan fingerprint density at radius 3 is 2.76 bits per heavy atom. The van der Waals surface area contributed by atoms with Gasteiger partial charge in [0, 0.05) is 11.4 Å². The van der Waals surface area contributed by atoms with E-state index in [4.69, 9.17) is 11.6 Å². The maximum atomic E-state index is 12.7. The van der Waals surface area contributed by atoms with E-state index in [2.05, 4.69) is 10.3 Å². The first-order valence-electron chi connectivity index (χ1n) is 5.51. The van der Waals surface area contributed by atoms with Crippen LogP contribution in [0.1, 0.15) is 37.2 Å². The van der Waals surface area contributed by atoms with Gasteiger partial charge in [-0.05, 0) is 31.9 Å². The number of rotatable bonds is 5. The third kappa shape index (κ3) is 3.97. The standard InChI is InChI=1S/C12H16ClFN2O/c1-3-12(2,6-7-13)16-11(17)10-5-4-9(14)8-15-10/h4-5,8H,3,6-7H2,1-2H3,(H,16,17). The number of carbonyl (C=O) groups excluding carboxylic acids is 1. The topological polar surface area (TPSA) is 42.0 Å². The summed E-state index contributed by atoms with van der Waals surface area (Å²) in [4.78, 5) is 15.6. The average Bonchev–Trinajstić information content (AvgIpc) is 2.30. The van der Waals surface area contributed by atoms with Crippen LogP contribution in [-0.4, -0.2) is 22.3 Å². The molecular weight excluding hydrogens is 243 g/mol. The van der Waals surface area contributed by atoms with Gasteiger partial charge in [-0.15, -0.1) is 11.6 Å². The van der Waals surface area contributed by atoms with E-state index in [9.17, 15) is 9.18 Å². The highest BCUT2D eigenvalue weighted by Crippen LogP contribution is 2.16. The molecule has 0 spiro atoms. The van der Waals surface area contributed by atoms with E-state index < -0.39 is 5.82 Å². The Hall–Kier alpha value is -1.16. The van der Waals surface area contributed by atoms with Gasteiger partial charge in [0.15, 0.2) is 0 Å². The Kier molecular flexibility index (Phi) is 4.87. The molecule has 1 unspecified atom stereocenters. The van der Waals surface area contributed by atoms with Gasteiger partial charge in [0.05, 0.1) is 6.20 Å². The number of pyridine rings is 1. The van der Waals surface area contributed by atoms with Gasteiger partial charge in [-0.3, -0.25) is 4.79 Å². The number of halogens is 2. The van der Waals surface area contributed by atoms with E-state index in [1.165, 1.54) is 12.1 Å². The lowest BCUT2D eigenvalue weighted by atomic mass is 9.95. The SMILES string of the molecule is CCC(C)(CCCl)NC(=O)c1ccc(F)cn1. The summed E-state index contributed by atoms with van der Waals surface area (Å²) in [6, 6.07) is 2.58. The number of alkyl halides is 1. The van der Waals surface area contributed by atoms with E-state index in [1.807, 2.05) is 13.8 Å². The van der Waals surface area contributed by atoms with Gasteiger partial charge < -0.3 is 5.32 Å². The highest BCUT2D eigenvalue weighted by atomic mass is 35.5. The van der Waals surface area contributed by atoms with Crippen LogP contribution < -0.4 is 5.32 Å². The van der Waals surface area contributed by atoms with Crippen LogP contribution >= 0.6 is 11.6 Å². The Balaban J connectivity index is 2.74. The van der Waals surface area contributed by atoms with Crippen molar-refractivity contribution >= 4 is 17.5 Å². The molecule has 1 aromatic heterocycles. The van der Waals surface area contributed by atoms with Crippen LogP contribution in [0.3, 0.4) is 0 Å². The minimum Gasteiger partial charge on any atom is -0.346 e. The van der Waals surface area contributed by atoms with Crippen LogP contribution in [0.5, 0.6) is 0 Å². The first-order chi connectivity index (χ1) is 8.00. The second kappa shape index (κ2) is 5.96. The van der Waals surface area contributed by atoms with Gasteiger partial charge >= 0.3 is 0 Å². The molecule has 0 bridgehead atoms. The number of nitrogens with one attached hydrogen (secondary N) is 1. The molecule has 0 aliphatic heterocycles. The predicted octanol–water partition coefficient (Wildman–Crippen LogP) is 2.75. The van der Waals surface area contributed by atoms with Gasteiger partial charge in [0.2, 0.25) is 0 Å². The van der Waals surface area contributed by atoms with E-state index >= 15 is 0 Å². The summed E-state index contributed by atoms with van der Waals surface area (Å²) in [6.45, 7) is 3.90. The van der Waals surface area contributed by atoms with Crippen LogP contribution in [0.4, 0.5) is 4.39 Å². The molecule has 0 aliphatic rings. The Bertz CT molecular complexity index is 383. The highest BCUT2D eigenvalue weighted by molar-refractivity contribution is 6.17. The summed E-state index contributed by atoms with van der Waals surface area (Å²) in [7, 11) is 0. The normalized spacial score (nSPS) is 14.1. The number of amides is 1. The molecular formula is C12H16ClFN2O. The first kappa shape index (κ1) is 13.9. The lowest BCUT2D eigenvalue weighted by molar-refractivity contribution is 0.0896. The van der Waals surface area contributed by atoms with Gasteiger partial charge in [-0.1, -0.05) is 6.92 Å². The summed E-state index contributed by atoms with van der Waals surface area (Å²) in [6.07, 6.45) is 2.48. The maximum absolute atomic E-state index is 12.7. The van der Waals surface area contributed by atoms with Crippen LogP contribution in [-0.2, 0) is 0 Å². The third-order valence-corrected chi connectivity index (χ3v) is 2.99. The zero-order valence-electron chi connectivity index (χ0n) is 9.96. The molecule has 0 radical (unpaired) electrons. The summed E-state index contributed by atoms with van der Waals surface area (Å²) < 4.78 is 12.7. The molecule has 0 aliphatic carbocycles. The quantitative estimate of drug-likeness (QED) is 0.825. The van der Waals surface area contributed by atoms with E-state index in [0.29, 0.717) is 12.3 Å². The second-order valence-electron chi connectivity index (χ2n) is 4.17. The summed E-state index contributed by atoms with van der Waals surface area (Å²) in [5.74, 6) is -0.290. The minimum absolute atomic E-state index is 0.209. The Labute approximate surface area is 105 Å². The van der Waals surface area contributed by atoms with Gasteiger partial charge in [0.1, 0.15) is 11.5 Å². The van der Waals surface area contributed by atoms with Gasteiger partial charge in [-0.25, -0.2) is 9.37 Å². The largest absolute Gasteiger partial charge is 0.346 e. The van der Waals surface area contributed by atoms with Crippen molar-refractivity contribution in [3.63, 3.8) is 0 Å². The van der Waals surface area contributed by atoms with Crippen molar-refractivity contribution in [3.05, 3.63) is 29.8 Å². The zero-order chi connectivity index (χ0) is 12.9. The maximum Gasteiger partial charge on any atom is 0.270 e. The summed E-state index contributed by atoms with van der Waals surface area (Å²) >= 11 is 5.70. The average molecular weight is 259 g/mol. The van der Waals surface area contributed by atoms with Crippen molar-refractivity contribution in [2.45, 2.75) is 32.2 Å². The van der Waals surface area contributed by atoms with E-state index in [0.717, 1.165) is 12.6 Å². The van der Waals surface area contributed by atoms with Crippen molar-refractivity contribution in [1.29, 1.82) is 0 Å². The smallest absolute Gasteiger partial charge is 0.270 e. The lowest BCUT2D eigenvalue weighted by Gasteiger charge is -2.28. The molecule has 1 rings (SSSR count). The Morgan fingerprint density at radius 2 is 2.29 bits per heavy atom. The number of hydrogen-bond donors (Lipinski definition) is 1. The molecule has 0 aromatic carbocycles. The minimum atomic E-state index is -0.458. The molecule has 1 heterocycles. The molecule has 1 aromatic rings. The highest BCUT2D eigenvalue weighted by Gasteiger charge is 2.24. The van der Waals surface area contributed by atoms with Crippen molar-refractivity contribution in [3.8, 4) is 0 Å². The number of nitrogens with zero attached hydrogens (tertiary/aromatic N) is 1. The molecule has 3 nitrogen and oxygen atoms in total. The van der Waals surface area contributed by atoms with Gasteiger partial charge in [-0.2, -0.15) is 0 Å². The fourth-order valence-electron chi connectivity index (χ4n) is 1.38. The van der Waals surface area contributed by atoms with Crippen molar-refractivity contribution in [2.24, 2.45) is 0 Å². The number of carbonyl (C=O) groups is 1. The molecule has 0 saturated heterocycles. The van der Waals surface area contributed by atoms with E-state index in [-0.39, 0.29) is 17.1 Å². The van der Waals surface area contributed by atoms with Crippen molar-refractivity contribution in [1.82, 2.24) is 10.3 Å². The monoisotopic (exact) mass is 258 g/mol. The second-order valence-corrected chi connectivity index (χ2v) is 4.55.